The van der Waals surface area contributed by atoms with Gasteiger partial charge in [0.1, 0.15) is 5.75 Å². The van der Waals surface area contributed by atoms with Crippen LogP contribution in [0, 0.1) is 0 Å². The van der Waals surface area contributed by atoms with E-state index < -0.39 is 0 Å². The second-order valence-electron chi connectivity index (χ2n) is 8.56. The Bertz CT molecular complexity index is 498. The third-order valence-corrected chi connectivity index (χ3v) is 4.33. The zero-order chi connectivity index (χ0) is 17.1. The summed E-state index contributed by atoms with van der Waals surface area (Å²) < 4.78 is 0. The number of aromatic hydroxyl groups is 1. The van der Waals surface area contributed by atoms with Gasteiger partial charge in [0.2, 0.25) is 0 Å². The number of nitrogens with two attached hydrogens (primary N) is 1. The Balaban J connectivity index is 0.00000484. The molecule has 0 aliphatic heterocycles. The maximum Gasteiger partial charge on any atom is 0.124 e. The van der Waals surface area contributed by atoms with Crippen LogP contribution in [0.15, 0.2) is 12.1 Å². The lowest BCUT2D eigenvalue weighted by atomic mass is 9.78. The van der Waals surface area contributed by atoms with Gasteiger partial charge in [-0.15, -0.1) is 12.4 Å². The molecule has 3 N–H and O–H groups in total. The summed E-state index contributed by atoms with van der Waals surface area (Å²) in [6.07, 6.45) is 4.42. The van der Waals surface area contributed by atoms with Crippen LogP contribution in [0.3, 0.4) is 0 Å². The van der Waals surface area contributed by atoms with Crippen molar-refractivity contribution < 1.29 is 5.11 Å². The van der Waals surface area contributed by atoms with Crippen molar-refractivity contribution in [2.24, 2.45) is 5.73 Å². The van der Waals surface area contributed by atoms with Crippen LogP contribution in [0.25, 0.3) is 0 Å². The molecule has 0 spiro atoms. The lowest BCUT2D eigenvalue weighted by Crippen LogP contribution is -2.20. The predicted octanol–water partition coefficient (Wildman–Crippen LogP) is 5.99. The number of phenolic OH excluding ortho intramolecular Hbond substituents is 1. The smallest absolute Gasteiger partial charge is 0.124 e. The van der Waals surface area contributed by atoms with Gasteiger partial charge in [0.15, 0.2) is 0 Å². The summed E-state index contributed by atoms with van der Waals surface area (Å²) in [5.74, 6) is 0.393. The Hall–Kier alpha value is -0.730. The average Bonchev–Trinajstić information content (AvgIpc) is 2.36. The van der Waals surface area contributed by atoms with E-state index in [4.69, 9.17) is 5.73 Å². The van der Waals surface area contributed by atoms with Crippen molar-refractivity contribution in [3.63, 3.8) is 0 Å². The van der Waals surface area contributed by atoms with Crippen molar-refractivity contribution >= 4 is 12.4 Å². The fourth-order valence-corrected chi connectivity index (χ4v) is 2.71. The van der Waals surface area contributed by atoms with E-state index in [1.807, 2.05) is 0 Å². The first-order chi connectivity index (χ1) is 9.98. The van der Waals surface area contributed by atoms with Gasteiger partial charge in [-0.05, 0) is 34.4 Å². The highest BCUT2D eigenvalue weighted by Crippen LogP contribution is 2.40. The van der Waals surface area contributed by atoms with Crippen LogP contribution >= 0.6 is 12.4 Å². The SMILES string of the molecule is CCCCC[C@@H](N)c1cc(C(C)(C)C)cc(C(C)(C)C)c1O.Cl. The maximum atomic E-state index is 10.8. The second-order valence-corrected chi connectivity index (χ2v) is 8.56. The van der Waals surface area contributed by atoms with Crippen molar-refractivity contribution in [2.75, 3.05) is 0 Å². The maximum absolute atomic E-state index is 10.8. The molecule has 134 valence electrons. The van der Waals surface area contributed by atoms with Crippen molar-refractivity contribution in [3.05, 3.63) is 28.8 Å². The van der Waals surface area contributed by atoms with Crippen molar-refractivity contribution in [1.29, 1.82) is 0 Å². The number of rotatable bonds is 5. The largest absolute Gasteiger partial charge is 0.507 e. The molecule has 1 aromatic carbocycles. The van der Waals surface area contributed by atoms with Gasteiger partial charge < -0.3 is 10.8 Å². The van der Waals surface area contributed by atoms with Crippen LogP contribution in [0.2, 0.25) is 0 Å². The molecule has 0 unspecified atom stereocenters. The molecule has 0 radical (unpaired) electrons. The number of hydrogen-bond acceptors (Lipinski definition) is 2. The molecule has 3 heteroatoms. The van der Waals surface area contributed by atoms with Gasteiger partial charge in [0, 0.05) is 11.6 Å². The predicted molar refractivity (Wildman–Crippen MR) is 104 cm³/mol. The molecule has 0 fully saturated rings. The average molecular weight is 342 g/mol. The highest BCUT2D eigenvalue weighted by atomic mass is 35.5. The summed E-state index contributed by atoms with van der Waals surface area (Å²) in [5, 5.41) is 10.8. The topological polar surface area (TPSA) is 46.2 Å². The minimum absolute atomic E-state index is 0. The normalized spacial score (nSPS) is 13.6. The van der Waals surface area contributed by atoms with Crippen LogP contribution in [-0.2, 0) is 10.8 Å². The van der Waals surface area contributed by atoms with Gasteiger partial charge >= 0.3 is 0 Å². The minimum atomic E-state index is -0.0940. The van der Waals surface area contributed by atoms with E-state index >= 15 is 0 Å². The van der Waals surface area contributed by atoms with Crippen LogP contribution < -0.4 is 5.73 Å². The zero-order valence-corrected chi connectivity index (χ0v) is 16.8. The molecule has 0 aromatic heterocycles. The Kier molecular flexibility index (Phi) is 8.13. The molecule has 1 aromatic rings. The first-order valence-electron chi connectivity index (χ1n) is 8.62. The molecule has 0 saturated carbocycles. The van der Waals surface area contributed by atoms with Crippen LogP contribution in [0.1, 0.15) is 96.9 Å². The third kappa shape index (κ3) is 6.00. The van der Waals surface area contributed by atoms with Crippen LogP contribution in [0.4, 0.5) is 0 Å². The molecule has 2 nitrogen and oxygen atoms in total. The van der Waals surface area contributed by atoms with Crippen molar-refractivity contribution in [3.8, 4) is 5.75 Å². The van der Waals surface area contributed by atoms with E-state index in [0.29, 0.717) is 5.75 Å². The molecular weight excluding hydrogens is 306 g/mol. The third-order valence-electron chi connectivity index (χ3n) is 4.33. The molecule has 0 amide bonds. The first-order valence-corrected chi connectivity index (χ1v) is 8.62. The zero-order valence-electron chi connectivity index (χ0n) is 16.0. The van der Waals surface area contributed by atoms with E-state index in [9.17, 15) is 5.11 Å². The van der Waals surface area contributed by atoms with Gasteiger partial charge in [-0.3, -0.25) is 0 Å². The molecule has 23 heavy (non-hydrogen) atoms. The number of halogens is 1. The lowest BCUT2D eigenvalue weighted by Gasteiger charge is -2.29. The summed E-state index contributed by atoms with van der Waals surface area (Å²) in [6, 6.07) is 4.17. The molecule has 0 aliphatic rings. The Morgan fingerprint density at radius 2 is 1.57 bits per heavy atom. The highest BCUT2D eigenvalue weighted by molar-refractivity contribution is 5.85. The molecule has 1 rings (SSSR count). The molecule has 0 saturated heterocycles. The van der Waals surface area contributed by atoms with Gasteiger partial charge in [0.05, 0.1) is 0 Å². The first kappa shape index (κ1) is 22.3. The minimum Gasteiger partial charge on any atom is -0.507 e. The van der Waals surface area contributed by atoms with Gasteiger partial charge in [-0.1, -0.05) is 73.8 Å². The summed E-state index contributed by atoms with van der Waals surface area (Å²) in [7, 11) is 0. The number of unbranched alkanes of at least 4 members (excludes halogenated alkanes) is 2. The van der Waals surface area contributed by atoms with Gasteiger partial charge in [-0.2, -0.15) is 0 Å². The Labute approximate surface area is 149 Å². The van der Waals surface area contributed by atoms with Crippen LogP contribution in [-0.4, -0.2) is 5.11 Å². The highest BCUT2D eigenvalue weighted by Gasteiger charge is 2.26. The molecule has 1 atom stereocenters. The standard InChI is InChI=1S/C20H35NO.ClH/c1-8-9-10-11-17(21)15-12-14(19(2,3)4)13-16(18(15)22)20(5,6)7;/h12-13,17,22H,8-11,21H2,1-7H3;1H/t17-;/m1./s1. The Morgan fingerprint density at radius 3 is 2.00 bits per heavy atom. The van der Waals surface area contributed by atoms with E-state index in [0.717, 1.165) is 24.0 Å². The molecule has 0 bridgehead atoms. The fourth-order valence-electron chi connectivity index (χ4n) is 2.71. The van der Waals surface area contributed by atoms with E-state index in [-0.39, 0.29) is 29.3 Å². The van der Waals surface area contributed by atoms with E-state index in [1.165, 1.54) is 18.4 Å². The lowest BCUT2D eigenvalue weighted by molar-refractivity contribution is 0.428. The van der Waals surface area contributed by atoms with Crippen molar-refractivity contribution in [2.45, 2.75) is 91.0 Å². The molecule has 0 heterocycles. The van der Waals surface area contributed by atoms with Crippen LogP contribution in [0.5, 0.6) is 5.75 Å². The molecule has 0 aliphatic carbocycles. The van der Waals surface area contributed by atoms with Gasteiger partial charge in [0.25, 0.3) is 0 Å². The summed E-state index contributed by atoms with van der Waals surface area (Å²) in [6.45, 7) is 15.2. The van der Waals surface area contributed by atoms with E-state index in [2.05, 4.69) is 60.6 Å². The Morgan fingerprint density at radius 1 is 1.00 bits per heavy atom. The number of benzene rings is 1. The number of phenols is 1. The fraction of sp³-hybridized carbons (Fsp3) is 0.700. The van der Waals surface area contributed by atoms with Crippen molar-refractivity contribution in [1.82, 2.24) is 0 Å². The number of hydrogen-bond donors (Lipinski definition) is 2. The summed E-state index contributed by atoms with van der Waals surface area (Å²) >= 11 is 0. The monoisotopic (exact) mass is 341 g/mol. The quantitative estimate of drug-likeness (QED) is 0.646. The summed E-state index contributed by atoms with van der Waals surface area (Å²) in [5.41, 5.74) is 9.51. The van der Waals surface area contributed by atoms with E-state index in [1.54, 1.807) is 0 Å². The van der Waals surface area contributed by atoms with Gasteiger partial charge in [-0.25, -0.2) is 0 Å². The summed E-state index contributed by atoms with van der Waals surface area (Å²) in [4.78, 5) is 0. The molecular formula is C20H36ClNO. The second kappa shape index (κ2) is 8.39.